The monoisotopic (exact) mass is 218 g/mol. The van der Waals surface area contributed by atoms with Gasteiger partial charge in [-0.2, -0.15) is 17.2 Å². The Hall–Kier alpha value is -1.02. The molecule has 1 nitrogen and oxygen atoms in total. The zero-order valence-corrected chi connectivity index (χ0v) is 10.3. The lowest BCUT2D eigenvalue weighted by atomic mass is 9.82. The molecule has 0 amide bonds. The number of rotatable bonds is 1. The van der Waals surface area contributed by atoms with E-state index in [1.165, 1.54) is 17.0 Å². The first kappa shape index (κ1) is 10.5. The summed E-state index contributed by atoms with van der Waals surface area (Å²) in [5.74, 6) is 0. The molecule has 1 heterocycles. The first-order valence-corrected chi connectivity index (χ1v) is 5.62. The van der Waals surface area contributed by atoms with E-state index in [4.69, 9.17) is 0 Å². The summed E-state index contributed by atoms with van der Waals surface area (Å²) >= 11 is 4.16. The van der Waals surface area contributed by atoms with Crippen LogP contribution in [-0.4, -0.2) is 17.3 Å². The molecular weight excluding hydrogens is 202 g/mol. The number of hydrogen-bond donors (Lipinski definition) is 1. The van der Waals surface area contributed by atoms with Gasteiger partial charge in [0.15, 0.2) is 5.71 Å². The molecule has 1 aromatic rings. The van der Waals surface area contributed by atoms with E-state index in [-0.39, 0.29) is 5.41 Å². The molecule has 0 unspecified atom stereocenters. The van der Waals surface area contributed by atoms with Gasteiger partial charge in [0, 0.05) is 17.7 Å². The maximum absolute atomic E-state index is 4.16. The van der Waals surface area contributed by atoms with Crippen molar-refractivity contribution in [2.75, 3.05) is 7.05 Å². The first-order chi connectivity index (χ1) is 7.09. The van der Waals surface area contributed by atoms with Crippen molar-refractivity contribution in [3.8, 4) is 0 Å². The van der Waals surface area contributed by atoms with Crippen molar-refractivity contribution in [2.24, 2.45) is 0 Å². The van der Waals surface area contributed by atoms with Crippen LogP contribution in [0, 0.1) is 0 Å². The molecule has 1 aromatic carbocycles. The number of fused-ring (bicyclic) bond motifs is 1. The molecule has 0 saturated carbocycles. The third-order valence-corrected chi connectivity index (χ3v) is 3.32. The topological polar surface area (TPSA) is 3.01 Å². The van der Waals surface area contributed by atoms with Gasteiger partial charge < -0.3 is 0 Å². The quantitative estimate of drug-likeness (QED) is 0.545. The fourth-order valence-corrected chi connectivity index (χ4v) is 2.51. The van der Waals surface area contributed by atoms with Crippen LogP contribution in [-0.2, 0) is 5.41 Å². The number of benzene rings is 1. The number of para-hydroxylation sites is 1. The predicted octanol–water partition coefficient (Wildman–Crippen LogP) is 3.14. The molecule has 0 aromatic heterocycles. The van der Waals surface area contributed by atoms with Crippen molar-refractivity contribution >= 4 is 24.0 Å². The summed E-state index contributed by atoms with van der Waals surface area (Å²) in [6.07, 6.45) is 2.07. The Morgan fingerprint density at radius 1 is 1.27 bits per heavy atom. The minimum atomic E-state index is 0.0740. The minimum Gasteiger partial charge on any atom is -0.198 e. The van der Waals surface area contributed by atoms with Gasteiger partial charge in [0.2, 0.25) is 5.69 Å². The summed E-state index contributed by atoms with van der Waals surface area (Å²) in [5, 5.41) is 1.81. The molecule has 0 spiro atoms. The van der Waals surface area contributed by atoms with Gasteiger partial charge >= 0.3 is 0 Å². The van der Waals surface area contributed by atoms with Crippen LogP contribution in [0.25, 0.3) is 0 Å². The Balaban J connectivity index is 2.68. The van der Waals surface area contributed by atoms with Crippen molar-refractivity contribution in [2.45, 2.75) is 19.3 Å². The van der Waals surface area contributed by atoms with Gasteiger partial charge in [-0.3, -0.25) is 0 Å². The highest BCUT2D eigenvalue weighted by molar-refractivity contribution is 7.83. The SMILES string of the molecule is C[N+]1=C(/C=C/S)C(C)(C)c2ccccc21. The van der Waals surface area contributed by atoms with Gasteiger partial charge in [-0.05, 0) is 19.3 Å². The highest BCUT2D eigenvalue weighted by atomic mass is 32.1. The molecule has 0 aliphatic carbocycles. The van der Waals surface area contributed by atoms with Crippen LogP contribution in [0.1, 0.15) is 19.4 Å². The molecule has 1 aliphatic rings. The standard InChI is InChI=1S/C13H15NS/c1-13(2)10-6-4-5-7-11(10)14(3)12(13)8-9-15/h4-9H,1-3H3/p+1. The summed E-state index contributed by atoms with van der Waals surface area (Å²) in [5.41, 5.74) is 4.04. The van der Waals surface area contributed by atoms with Gasteiger partial charge in [-0.1, -0.05) is 18.2 Å². The molecule has 0 radical (unpaired) electrons. The van der Waals surface area contributed by atoms with Gasteiger partial charge in [-0.25, -0.2) is 0 Å². The van der Waals surface area contributed by atoms with Crippen molar-refractivity contribution in [3.63, 3.8) is 0 Å². The van der Waals surface area contributed by atoms with E-state index >= 15 is 0 Å². The van der Waals surface area contributed by atoms with Crippen LogP contribution >= 0.6 is 12.6 Å². The van der Waals surface area contributed by atoms with E-state index < -0.39 is 0 Å². The molecule has 0 saturated heterocycles. The Kier molecular flexibility index (Phi) is 2.47. The molecule has 0 bridgehead atoms. The molecule has 1 aliphatic heterocycles. The summed E-state index contributed by atoms with van der Waals surface area (Å²) in [4.78, 5) is 0. The number of nitrogens with zero attached hydrogens (tertiary/aromatic N) is 1. The van der Waals surface area contributed by atoms with E-state index in [0.717, 1.165) is 0 Å². The molecule has 78 valence electrons. The highest BCUT2D eigenvalue weighted by Crippen LogP contribution is 2.38. The maximum atomic E-state index is 4.16. The van der Waals surface area contributed by atoms with Crippen LogP contribution < -0.4 is 0 Å². The third-order valence-electron chi connectivity index (χ3n) is 3.17. The molecular formula is C13H16NS+. The van der Waals surface area contributed by atoms with Crippen LogP contribution in [0.4, 0.5) is 5.69 Å². The molecule has 0 fully saturated rings. The second kappa shape index (κ2) is 3.53. The lowest BCUT2D eigenvalue weighted by Crippen LogP contribution is -2.26. The molecule has 2 rings (SSSR count). The molecule has 15 heavy (non-hydrogen) atoms. The van der Waals surface area contributed by atoms with Crippen LogP contribution in [0.5, 0.6) is 0 Å². The van der Waals surface area contributed by atoms with Crippen LogP contribution in [0.2, 0.25) is 0 Å². The second-order valence-corrected chi connectivity index (χ2v) is 4.70. The summed E-state index contributed by atoms with van der Waals surface area (Å²) in [6.45, 7) is 4.50. The van der Waals surface area contributed by atoms with E-state index in [1.54, 1.807) is 5.41 Å². The van der Waals surface area contributed by atoms with Gasteiger partial charge in [0.1, 0.15) is 7.05 Å². The maximum Gasteiger partial charge on any atom is 0.209 e. The van der Waals surface area contributed by atoms with Crippen molar-refractivity contribution < 1.29 is 4.58 Å². The van der Waals surface area contributed by atoms with E-state index in [0.29, 0.717) is 0 Å². The van der Waals surface area contributed by atoms with Gasteiger partial charge in [-0.15, -0.1) is 0 Å². The van der Waals surface area contributed by atoms with Crippen LogP contribution in [0.15, 0.2) is 35.7 Å². The Morgan fingerprint density at radius 3 is 2.53 bits per heavy atom. The number of allylic oxidation sites excluding steroid dienone is 1. The molecule has 0 N–H and O–H groups in total. The van der Waals surface area contributed by atoms with E-state index in [1.807, 2.05) is 0 Å². The third kappa shape index (κ3) is 1.44. The smallest absolute Gasteiger partial charge is 0.198 e. The zero-order valence-electron chi connectivity index (χ0n) is 9.36. The first-order valence-electron chi connectivity index (χ1n) is 5.10. The van der Waals surface area contributed by atoms with E-state index in [2.05, 4.69) is 68.4 Å². The molecule has 2 heteroatoms. The highest BCUT2D eigenvalue weighted by Gasteiger charge is 2.42. The van der Waals surface area contributed by atoms with Crippen molar-refractivity contribution in [1.82, 2.24) is 0 Å². The fraction of sp³-hybridized carbons (Fsp3) is 0.308. The Labute approximate surface area is 96.6 Å². The summed E-state index contributed by atoms with van der Waals surface area (Å²) < 4.78 is 2.24. The van der Waals surface area contributed by atoms with Crippen molar-refractivity contribution in [1.29, 1.82) is 0 Å². The zero-order chi connectivity index (χ0) is 11.1. The normalized spacial score (nSPS) is 18.7. The summed E-state index contributed by atoms with van der Waals surface area (Å²) in [7, 11) is 2.11. The largest absolute Gasteiger partial charge is 0.209 e. The average molecular weight is 218 g/mol. The number of thiol groups is 1. The lowest BCUT2D eigenvalue weighted by molar-refractivity contribution is -0.401. The van der Waals surface area contributed by atoms with Gasteiger partial charge in [0.05, 0.1) is 5.41 Å². The minimum absolute atomic E-state index is 0.0740. The van der Waals surface area contributed by atoms with E-state index in [9.17, 15) is 0 Å². The molecule has 0 atom stereocenters. The Morgan fingerprint density at radius 2 is 1.93 bits per heavy atom. The number of hydrogen-bond acceptors (Lipinski definition) is 1. The average Bonchev–Trinajstić information content (AvgIpc) is 2.41. The van der Waals surface area contributed by atoms with Crippen LogP contribution in [0.3, 0.4) is 0 Å². The Bertz CT molecular complexity index is 455. The van der Waals surface area contributed by atoms with Gasteiger partial charge in [0.25, 0.3) is 0 Å². The lowest BCUT2D eigenvalue weighted by Gasteiger charge is -2.14. The summed E-state index contributed by atoms with van der Waals surface area (Å²) in [6, 6.07) is 8.54. The van der Waals surface area contributed by atoms with Crippen molar-refractivity contribution in [3.05, 3.63) is 41.3 Å². The fourth-order valence-electron chi connectivity index (χ4n) is 2.37. The predicted molar refractivity (Wildman–Crippen MR) is 68.4 cm³/mol. The second-order valence-electron chi connectivity index (χ2n) is 4.40.